The molecule has 0 spiro atoms. The Balaban J connectivity index is 2.57. The first kappa shape index (κ1) is 13.7. The Morgan fingerprint density at radius 2 is 2.00 bits per heavy atom. The van der Waals surface area contributed by atoms with Gasteiger partial charge in [0.1, 0.15) is 0 Å². The number of anilines is 2. The van der Waals surface area contributed by atoms with E-state index in [0.29, 0.717) is 31.6 Å². The van der Waals surface area contributed by atoms with Gasteiger partial charge in [-0.05, 0) is 6.92 Å². The fourth-order valence-corrected chi connectivity index (χ4v) is 1.10. The van der Waals surface area contributed by atoms with Gasteiger partial charge in [0.05, 0.1) is 6.61 Å². The second-order valence-corrected chi connectivity index (χ2v) is 3.17. The van der Waals surface area contributed by atoms with Crippen LogP contribution in [0.4, 0.5) is 16.7 Å². The lowest BCUT2D eigenvalue weighted by Crippen LogP contribution is -2.33. The zero-order valence-corrected chi connectivity index (χ0v) is 10.4. The molecule has 0 saturated carbocycles. The van der Waals surface area contributed by atoms with Crippen molar-refractivity contribution in [3.05, 3.63) is 0 Å². The number of rotatable bonds is 7. The number of hydrogen-bond donors (Lipinski definition) is 4. The van der Waals surface area contributed by atoms with E-state index in [2.05, 4.69) is 30.9 Å². The van der Waals surface area contributed by atoms with Crippen LogP contribution in [0, 0.1) is 0 Å². The first-order valence-electron chi connectivity index (χ1n) is 5.49. The fraction of sp³-hybridized carbons (Fsp3) is 0.556. The van der Waals surface area contributed by atoms with Crippen molar-refractivity contribution >= 4 is 17.9 Å². The molecule has 0 radical (unpaired) electrons. The van der Waals surface area contributed by atoms with Crippen LogP contribution in [0.3, 0.4) is 0 Å². The van der Waals surface area contributed by atoms with Crippen molar-refractivity contribution in [3.63, 3.8) is 0 Å². The second kappa shape index (κ2) is 7.09. The summed E-state index contributed by atoms with van der Waals surface area (Å²) in [5.41, 5.74) is 4.93. The smallest absolute Gasteiger partial charge is 0.323 e. The van der Waals surface area contributed by atoms with Gasteiger partial charge in [-0.25, -0.2) is 4.79 Å². The van der Waals surface area contributed by atoms with E-state index in [9.17, 15) is 4.79 Å². The molecule has 0 fully saturated rings. The van der Waals surface area contributed by atoms with E-state index in [1.807, 2.05) is 6.92 Å². The van der Waals surface area contributed by atoms with Crippen LogP contribution >= 0.6 is 0 Å². The summed E-state index contributed by atoms with van der Waals surface area (Å²) in [6.07, 6.45) is 0. The van der Waals surface area contributed by atoms with Crippen molar-refractivity contribution in [1.29, 1.82) is 0 Å². The van der Waals surface area contributed by atoms with Crippen LogP contribution in [0.1, 0.15) is 6.92 Å². The summed E-state index contributed by atoms with van der Waals surface area (Å²) in [5.74, 6) is 0.767. The van der Waals surface area contributed by atoms with Crippen molar-refractivity contribution in [2.45, 2.75) is 6.92 Å². The van der Waals surface area contributed by atoms with Gasteiger partial charge in [-0.15, -0.1) is 0 Å². The van der Waals surface area contributed by atoms with Crippen LogP contribution in [0.2, 0.25) is 0 Å². The van der Waals surface area contributed by atoms with Crippen molar-refractivity contribution in [3.8, 4) is 6.01 Å². The van der Waals surface area contributed by atoms with Crippen LogP contribution in [0.15, 0.2) is 0 Å². The molecule has 0 aliphatic rings. The molecule has 1 aromatic rings. The number of nitrogens with one attached hydrogen (secondary N) is 3. The van der Waals surface area contributed by atoms with E-state index in [1.54, 1.807) is 7.05 Å². The van der Waals surface area contributed by atoms with Crippen LogP contribution in [-0.4, -0.2) is 47.7 Å². The van der Waals surface area contributed by atoms with Gasteiger partial charge in [-0.1, -0.05) is 0 Å². The Morgan fingerprint density at radius 1 is 1.28 bits per heavy atom. The molecule has 0 unspecified atom stereocenters. The highest BCUT2D eigenvalue weighted by atomic mass is 16.5. The number of nitrogens with two attached hydrogens (primary N) is 1. The Kier molecular flexibility index (Phi) is 5.42. The Morgan fingerprint density at radius 3 is 2.61 bits per heavy atom. The van der Waals surface area contributed by atoms with Gasteiger partial charge in [0.15, 0.2) is 0 Å². The van der Waals surface area contributed by atoms with Crippen molar-refractivity contribution in [2.24, 2.45) is 5.73 Å². The second-order valence-electron chi connectivity index (χ2n) is 3.17. The molecule has 0 aliphatic carbocycles. The van der Waals surface area contributed by atoms with E-state index in [-0.39, 0.29) is 6.01 Å². The summed E-state index contributed by atoms with van der Waals surface area (Å²) < 4.78 is 5.20. The molecule has 2 amide bonds. The minimum absolute atomic E-state index is 0.238. The van der Waals surface area contributed by atoms with Gasteiger partial charge in [0.2, 0.25) is 11.9 Å². The highest BCUT2D eigenvalue weighted by molar-refractivity contribution is 5.71. The maximum Gasteiger partial charge on any atom is 0.323 e. The number of urea groups is 1. The molecule has 1 heterocycles. The summed E-state index contributed by atoms with van der Waals surface area (Å²) in [5, 5.41) is 8.17. The molecule has 9 heteroatoms. The molecule has 0 atom stereocenters. The lowest BCUT2D eigenvalue weighted by atomic mass is 10.6. The Labute approximate surface area is 105 Å². The van der Waals surface area contributed by atoms with Gasteiger partial charge < -0.3 is 26.4 Å². The number of primary amides is 1. The lowest BCUT2D eigenvalue weighted by Gasteiger charge is -2.08. The average Bonchev–Trinajstić information content (AvgIpc) is 2.34. The molecule has 0 bridgehead atoms. The van der Waals surface area contributed by atoms with Gasteiger partial charge in [-0.3, -0.25) is 0 Å². The molecule has 1 rings (SSSR count). The van der Waals surface area contributed by atoms with Gasteiger partial charge >= 0.3 is 12.0 Å². The number of amides is 2. The molecule has 5 N–H and O–H groups in total. The topological polar surface area (TPSA) is 127 Å². The molecule has 0 aromatic carbocycles. The first-order chi connectivity index (χ1) is 8.65. The largest absolute Gasteiger partial charge is 0.464 e. The minimum Gasteiger partial charge on any atom is -0.464 e. The predicted molar refractivity (Wildman–Crippen MR) is 66.6 cm³/mol. The van der Waals surface area contributed by atoms with Crippen LogP contribution in [0.25, 0.3) is 0 Å². The van der Waals surface area contributed by atoms with E-state index >= 15 is 0 Å². The summed E-state index contributed by atoms with van der Waals surface area (Å²) in [6, 6.07) is -0.333. The van der Waals surface area contributed by atoms with Crippen molar-refractivity contribution in [1.82, 2.24) is 20.3 Å². The first-order valence-corrected chi connectivity index (χ1v) is 5.49. The molecule has 0 aliphatic heterocycles. The average molecular weight is 255 g/mol. The van der Waals surface area contributed by atoms with Crippen molar-refractivity contribution < 1.29 is 9.53 Å². The number of carbonyl (C=O) groups excluding carboxylic acids is 1. The molecule has 9 nitrogen and oxygen atoms in total. The van der Waals surface area contributed by atoms with Gasteiger partial charge in [0.25, 0.3) is 0 Å². The number of nitrogens with zero attached hydrogens (tertiary/aromatic N) is 3. The maximum absolute atomic E-state index is 10.5. The summed E-state index contributed by atoms with van der Waals surface area (Å²) >= 11 is 0. The third-order valence-electron chi connectivity index (χ3n) is 1.82. The quantitative estimate of drug-likeness (QED) is 0.479. The van der Waals surface area contributed by atoms with E-state index in [0.717, 1.165) is 0 Å². The van der Waals surface area contributed by atoms with E-state index in [1.165, 1.54) is 0 Å². The third-order valence-corrected chi connectivity index (χ3v) is 1.82. The van der Waals surface area contributed by atoms with Crippen LogP contribution in [0.5, 0.6) is 6.01 Å². The number of ether oxygens (including phenoxy) is 1. The van der Waals surface area contributed by atoms with Crippen molar-refractivity contribution in [2.75, 3.05) is 37.4 Å². The van der Waals surface area contributed by atoms with Gasteiger partial charge in [-0.2, -0.15) is 15.0 Å². The van der Waals surface area contributed by atoms with Crippen LogP contribution in [-0.2, 0) is 0 Å². The minimum atomic E-state index is -0.571. The monoisotopic (exact) mass is 255 g/mol. The molecule has 0 saturated heterocycles. The summed E-state index contributed by atoms with van der Waals surface area (Å²) in [4.78, 5) is 22.6. The third kappa shape index (κ3) is 4.68. The molecular formula is C9H17N7O2. The Hall–Kier alpha value is -2.32. The number of aromatic nitrogens is 3. The molecule has 1 aromatic heterocycles. The standard InChI is InChI=1S/C9H17N7O2/c1-3-18-9-15-7(11-2)14-8(16-9)13-5-4-12-6(10)17/h3-5H2,1-2H3,(H3,10,12,17)(H2,11,13,14,15,16). The van der Waals surface area contributed by atoms with Gasteiger partial charge in [0, 0.05) is 20.1 Å². The molecule has 18 heavy (non-hydrogen) atoms. The maximum atomic E-state index is 10.5. The lowest BCUT2D eigenvalue weighted by molar-refractivity contribution is 0.249. The number of hydrogen-bond acceptors (Lipinski definition) is 7. The highest BCUT2D eigenvalue weighted by Gasteiger charge is 2.05. The highest BCUT2D eigenvalue weighted by Crippen LogP contribution is 2.10. The number of carbonyl (C=O) groups is 1. The van der Waals surface area contributed by atoms with Crippen LogP contribution < -0.4 is 26.4 Å². The zero-order valence-electron chi connectivity index (χ0n) is 10.4. The SMILES string of the molecule is CCOc1nc(NC)nc(NCCNC(N)=O)n1. The molecule has 100 valence electrons. The summed E-state index contributed by atoms with van der Waals surface area (Å²) in [7, 11) is 1.70. The van der Waals surface area contributed by atoms with E-state index in [4.69, 9.17) is 10.5 Å². The molecular weight excluding hydrogens is 238 g/mol. The fourth-order valence-electron chi connectivity index (χ4n) is 1.10. The summed E-state index contributed by atoms with van der Waals surface area (Å²) in [6.45, 7) is 3.13. The van der Waals surface area contributed by atoms with E-state index < -0.39 is 6.03 Å². The normalized spacial score (nSPS) is 9.67. The Bertz CT molecular complexity index is 399. The predicted octanol–water partition coefficient (Wildman–Crippen LogP) is -0.608. The zero-order chi connectivity index (χ0) is 13.4.